The molecule has 29 heavy (non-hydrogen) atoms. The van der Waals surface area contributed by atoms with Gasteiger partial charge in [-0.2, -0.15) is 13.5 Å². The maximum Gasteiger partial charge on any atom is 0.276 e. The Kier molecular flexibility index (Phi) is 5.00. The first kappa shape index (κ1) is 20.7. The van der Waals surface area contributed by atoms with Crippen LogP contribution in [-0.4, -0.2) is 56.9 Å². The molecule has 0 spiro atoms. The number of hydrogen-bond acceptors (Lipinski definition) is 8. The van der Waals surface area contributed by atoms with Gasteiger partial charge in [-0.25, -0.2) is 4.83 Å². The van der Waals surface area contributed by atoms with Crippen molar-refractivity contribution in [2.45, 2.75) is 81.8 Å². The molecule has 1 N–H and O–H groups in total. The van der Waals surface area contributed by atoms with Crippen LogP contribution in [0.25, 0.3) is 0 Å². The molecule has 1 aromatic rings. The van der Waals surface area contributed by atoms with Crippen molar-refractivity contribution in [3.8, 4) is 0 Å². The highest BCUT2D eigenvalue weighted by Gasteiger charge is 2.60. The molecule has 1 unspecified atom stereocenters. The minimum atomic E-state index is -3.79. The van der Waals surface area contributed by atoms with Crippen molar-refractivity contribution in [3.05, 3.63) is 29.8 Å². The summed E-state index contributed by atoms with van der Waals surface area (Å²) in [5.74, 6) is -1.66. The summed E-state index contributed by atoms with van der Waals surface area (Å²) in [6.45, 7) is 9.07. The number of aryl methyl sites for hydroxylation is 1. The van der Waals surface area contributed by atoms with E-state index in [4.69, 9.17) is 23.7 Å². The summed E-state index contributed by atoms with van der Waals surface area (Å²) in [6.07, 6.45) is -1.40. The van der Waals surface area contributed by atoms with Crippen LogP contribution in [0, 0.1) is 6.92 Å². The smallest absolute Gasteiger partial charge is 0.276 e. The molecule has 0 saturated carbocycles. The molecule has 160 valence electrons. The standard InChI is InChI=1S/C19H26N2O7S/c1-11-6-8-12(9-7-11)29(22,23)21-20-10-13-14-15(26-18(2,3)25-14)16-17(24-13)28-19(4,5)27-16/h6-10,13-17,21H,1-5H3/b20-10+/t13?,14-,15-,16+,17+/m0/s1. The summed E-state index contributed by atoms with van der Waals surface area (Å²) in [4.78, 5) is 2.34. The molecule has 0 aliphatic carbocycles. The van der Waals surface area contributed by atoms with E-state index >= 15 is 0 Å². The molecule has 3 aliphatic rings. The lowest BCUT2D eigenvalue weighted by Gasteiger charge is -2.35. The molecule has 0 bridgehead atoms. The highest BCUT2D eigenvalue weighted by molar-refractivity contribution is 7.89. The molecule has 3 heterocycles. The third-order valence-electron chi connectivity index (χ3n) is 4.92. The van der Waals surface area contributed by atoms with E-state index in [1.807, 2.05) is 6.92 Å². The lowest BCUT2D eigenvalue weighted by molar-refractivity contribution is -0.217. The molecular weight excluding hydrogens is 400 g/mol. The SMILES string of the molecule is Cc1ccc(S(=O)(=O)N/N=C/C2O[C@@H]3OC(C)(C)O[C@@H]3[C@H]3OC(C)(C)O[C@@H]23)cc1. The Morgan fingerprint density at radius 3 is 2.21 bits per heavy atom. The Morgan fingerprint density at radius 1 is 0.931 bits per heavy atom. The number of fused-ring (bicyclic) bond motifs is 3. The number of rotatable bonds is 4. The highest BCUT2D eigenvalue weighted by atomic mass is 32.2. The van der Waals surface area contributed by atoms with Crippen LogP contribution in [0.4, 0.5) is 0 Å². The van der Waals surface area contributed by atoms with Gasteiger partial charge in [-0.05, 0) is 46.8 Å². The van der Waals surface area contributed by atoms with E-state index < -0.39 is 52.3 Å². The van der Waals surface area contributed by atoms with Crippen molar-refractivity contribution in [3.63, 3.8) is 0 Å². The van der Waals surface area contributed by atoms with Gasteiger partial charge in [0, 0.05) is 0 Å². The number of nitrogens with zero attached hydrogens (tertiary/aromatic N) is 1. The van der Waals surface area contributed by atoms with E-state index in [1.165, 1.54) is 18.3 Å². The van der Waals surface area contributed by atoms with Gasteiger partial charge in [0.2, 0.25) is 0 Å². The van der Waals surface area contributed by atoms with Crippen LogP contribution in [-0.2, 0) is 33.7 Å². The number of hydrogen-bond donors (Lipinski definition) is 1. The van der Waals surface area contributed by atoms with Crippen LogP contribution in [0.1, 0.15) is 33.3 Å². The molecule has 3 saturated heterocycles. The molecule has 0 radical (unpaired) electrons. The monoisotopic (exact) mass is 426 g/mol. The number of hydrazone groups is 1. The van der Waals surface area contributed by atoms with Crippen molar-refractivity contribution < 1.29 is 32.1 Å². The van der Waals surface area contributed by atoms with E-state index in [2.05, 4.69) is 9.93 Å². The summed E-state index contributed by atoms with van der Waals surface area (Å²) < 4.78 is 54.5. The largest absolute Gasteiger partial charge is 0.342 e. The van der Waals surface area contributed by atoms with Crippen LogP contribution in [0.2, 0.25) is 0 Å². The summed E-state index contributed by atoms with van der Waals surface area (Å²) in [7, 11) is -3.79. The summed E-state index contributed by atoms with van der Waals surface area (Å²) in [6, 6.07) is 6.48. The van der Waals surface area contributed by atoms with Gasteiger partial charge in [-0.15, -0.1) is 0 Å². The van der Waals surface area contributed by atoms with Gasteiger partial charge in [-0.3, -0.25) is 0 Å². The fourth-order valence-electron chi connectivity index (χ4n) is 3.71. The Bertz CT molecular complexity index is 898. The molecular formula is C19H26N2O7S. The normalized spacial score (nSPS) is 35.4. The Labute approximate surface area is 170 Å². The molecule has 3 fully saturated rings. The van der Waals surface area contributed by atoms with Crippen molar-refractivity contribution in [1.82, 2.24) is 4.83 Å². The quantitative estimate of drug-likeness (QED) is 0.577. The maximum absolute atomic E-state index is 12.4. The number of sulfonamides is 1. The third kappa shape index (κ3) is 4.18. The topological polar surface area (TPSA) is 105 Å². The number of benzene rings is 1. The van der Waals surface area contributed by atoms with Gasteiger partial charge in [0.05, 0.1) is 11.1 Å². The van der Waals surface area contributed by atoms with Crippen molar-refractivity contribution in [1.29, 1.82) is 0 Å². The van der Waals surface area contributed by atoms with Crippen molar-refractivity contribution in [2.24, 2.45) is 5.10 Å². The summed E-state index contributed by atoms with van der Waals surface area (Å²) in [5, 5.41) is 3.90. The fraction of sp³-hybridized carbons (Fsp3) is 0.632. The molecule has 1 aromatic carbocycles. The third-order valence-corrected chi connectivity index (χ3v) is 6.15. The van der Waals surface area contributed by atoms with Crippen LogP contribution >= 0.6 is 0 Å². The average molecular weight is 426 g/mol. The van der Waals surface area contributed by atoms with E-state index in [9.17, 15) is 8.42 Å². The van der Waals surface area contributed by atoms with Crippen LogP contribution in [0.3, 0.4) is 0 Å². The second-order valence-corrected chi connectivity index (χ2v) is 9.98. The molecule has 10 heteroatoms. The Hall–Kier alpha value is -1.56. The zero-order valence-corrected chi connectivity index (χ0v) is 17.8. The maximum atomic E-state index is 12.4. The Balaban J connectivity index is 1.51. The van der Waals surface area contributed by atoms with Crippen LogP contribution < -0.4 is 4.83 Å². The first-order chi connectivity index (χ1) is 13.5. The lowest BCUT2D eigenvalue weighted by atomic mass is 10.00. The van der Waals surface area contributed by atoms with Gasteiger partial charge in [0.15, 0.2) is 17.9 Å². The van der Waals surface area contributed by atoms with Crippen LogP contribution in [0.5, 0.6) is 0 Å². The molecule has 9 nitrogen and oxygen atoms in total. The second-order valence-electron chi connectivity index (χ2n) is 8.32. The minimum absolute atomic E-state index is 0.124. The molecule has 0 amide bonds. The fourth-order valence-corrected chi connectivity index (χ4v) is 4.51. The average Bonchev–Trinajstić information content (AvgIpc) is 3.09. The zero-order valence-electron chi connectivity index (χ0n) is 17.0. The molecule has 3 aliphatic heterocycles. The summed E-state index contributed by atoms with van der Waals surface area (Å²) >= 11 is 0. The highest BCUT2D eigenvalue weighted by Crippen LogP contribution is 2.43. The van der Waals surface area contributed by atoms with E-state index in [0.29, 0.717) is 0 Å². The number of nitrogens with one attached hydrogen (secondary N) is 1. The minimum Gasteiger partial charge on any atom is -0.342 e. The second kappa shape index (κ2) is 7.00. The predicted octanol–water partition coefficient (Wildman–Crippen LogP) is 1.66. The van der Waals surface area contributed by atoms with Gasteiger partial charge in [-0.1, -0.05) is 17.7 Å². The van der Waals surface area contributed by atoms with Crippen molar-refractivity contribution in [2.75, 3.05) is 0 Å². The first-order valence-corrected chi connectivity index (χ1v) is 10.9. The Morgan fingerprint density at radius 2 is 1.52 bits per heavy atom. The van der Waals surface area contributed by atoms with Crippen molar-refractivity contribution >= 4 is 16.2 Å². The van der Waals surface area contributed by atoms with E-state index in [0.717, 1.165) is 5.56 Å². The zero-order chi connectivity index (χ0) is 21.0. The van der Waals surface area contributed by atoms with Gasteiger partial charge in [0.1, 0.15) is 24.4 Å². The van der Waals surface area contributed by atoms with Crippen LogP contribution in [0.15, 0.2) is 34.3 Å². The summed E-state index contributed by atoms with van der Waals surface area (Å²) in [5.41, 5.74) is 0.964. The molecule has 4 rings (SSSR count). The molecule has 0 aromatic heterocycles. The van der Waals surface area contributed by atoms with Gasteiger partial charge in [0.25, 0.3) is 10.0 Å². The van der Waals surface area contributed by atoms with E-state index in [-0.39, 0.29) is 4.90 Å². The first-order valence-electron chi connectivity index (χ1n) is 9.44. The van der Waals surface area contributed by atoms with Gasteiger partial charge < -0.3 is 23.7 Å². The van der Waals surface area contributed by atoms with Gasteiger partial charge >= 0.3 is 0 Å². The predicted molar refractivity (Wildman–Crippen MR) is 103 cm³/mol. The number of ether oxygens (including phenoxy) is 5. The van der Waals surface area contributed by atoms with E-state index in [1.54, 1.807) is 39.8 Å². The molecule has 5 atom stereocenters. The lowest BCUT2D eigenvalue weighted by Crippen LogP contribution is -2.55.